The van der Waals surface area contributed by atoms with Gasteiger partial charge in [-0.3, -0.25) is 4.79 Å². The summed E-state index contributed by atoms with van der Waals surface area (Å²) in [5, 5.41) is 6.19. The van der Waals surface area contributed by atoms with Gasteiger partial charge in [-0.15, -0.1) is 0 Å². The summed E-state index contributed by atoms with van der Waals surface area (Å²) < 4.78 is 39.2. The van der Waals surface area contributed by atoms with Crippen LogP contribution in [0.4, 0.5) is 13.2 Å². The molecule has 1 aliphatic carbocycles. The molecule has 6 heteroatoms. The highest BCUT2D eigenvalue weighted by molar-refractivity contribution is 5.76. The maximum Gasteiger partial charge on any atom is 0.416 e. The van der Waals surface area contributed by atoms with Gasteiger partial charge in [-0.25, -0.2) is 0 Å². The molecule has 0 bridgehead atoms. The van der Waals surface area contributed by atoms with Gasteiger partial charge >= 0.3 is 6.18 Å². The van der Waals surface area contributed by atoms with Crippen LogP contribution in [0.5, 0.6) is 0 Å². The molecule has 0 aromatic heterocycles. The van der Waals surface area contributed by atoms with Crippen LogP contribution >= 0.6 is 0 Å². The summed E-state index contributed by atoms with van der Waals surface area (Å²) in [6.07, 6.45) is -0.232. The fourth-order valence-corrected chi connectivity index (χ4v) is 3.56. The van der Waals surface area contributed by atoms with Crippen molar-refractivity contribution in [2.75, 3.05) is 13.1 Å². The summed E-state index contributed by atoms with van der Waals surface area (Å²) in [5.74, 6) is 0.328. The third-order valence-electron chi connectivity index (χ3n) is 5.04. The second-order valence-electron chi connectivity index (χ2n) is 6.83. The van der Waals surface area contributed by atoms with Crippen molar-refractivity contribution in [2.45, 2.75) is 50.2 Å². The molecule has 132 valence electrons. The third-order valence-corrected chi connectivity index (χ3v) is 5.04. The lowest BCUT2D eigenvalue weighted by molar-refractivity contribution is -0.138. The molecule has 1 saturated carbocycles. The van der Waals surface area contributed by atoms with E-state index in [1.165, 1.54) is 12.1 Å². The Balaban J connectivity index is 1.50. The quantitative estimate of drug-likeness (QED) is 0.862. The number of piperidine rings is 1. The molecule has 0 radical (unpaired) electrons. The molecule has 3 rings (SSSR count). The van der Waals surface area contributed by atoms with Gasteiger partial charge in [-0.05, 0) is 56.3 Å². The van der Waals surface area contributed by atoms with Crippen LogP contribution in [0.25, 0.3) is 0 Å². The first kappa shape index (κ1) is 17.3. The van der Waals surface area contributed by atoms with Crippen molar-refractivity contribution in [1.82, 2.24) is 10.6 Å². The molecule has 2 N–H and O–H groups in total. The summed E-state index contributed by atoms with van der Waals surface area (Å²) in [4.78, 5) is 12.0. The molecule has 2 fully saturated rings. The fourth-order valence-electron chi connectivity index (χ4n) is 3.56. The van der Waals surface area contributed by atoms with Crippen molar-refractivity contribution in [3.8, 4) is 0 Å². The standard InChI is InChI=1S/C18H23F3N2O/c19-18(20,21)15-4-2-1-3-13(15)14-11-16(14)23-17(24)6-5-12-7-9-22-10-8-12/h1-4,12,14,16,22H,5-11H2,(H,23,24). The topological polar surface area (TPSA) is 41.1 Å². The van der Waals surface area contributed by atoms with E-state index in [2.05, 4.69) is 10.6 Å². The number of carbonyl (C=O) groups is 1. The van der Waals surface area contributed by atoms with Gasteiger partial charge in [-0.2, -0.15) is 13.2 Å². The van der Waals surface area contributed by atoms with E-state index in [9.17, 15) is 18.0 Å². The summed E-state index contributed by atoms with van der Waals surface area (Å²) in [5.41, 5.74) is -0.282. The summed E-state index contributed by atoms with van der Waals surface area (Å²) >= 11 is 0. The normalized spacial score (nSPS) is 24.6. The van der Waals surface area contributed by atoms with Gasteiger partial charge in [0, 0.05) is 18.4 Å². The Labute approximate surface area is 140 Å². The van der Waals surface area contributed by atoms with Crippen molar-refractivity contribution in [2.24, 2.45) is 5.92 Å². The largest absolute Gasteiger partial charge is 0.416 e. The zero-order valence-electron chi connectivity index (χ0n) is 13.5. The zero-order chi connectivity index (χ0) is 17.2. The number of benzene rings is 1. The monoisotopic (exact) mass is 340 g/mol. The van der Waals surface area contributed by atoms with Crippen molar-refractivity contribution in [3.05, 3.63) is 35.4 Å². The Morgan fingerprint density at radius 1 is 1.21 bits per heavy atom. The summed E-state index contributed by atoms with van der Waals surface area (Å²) in [7, 11) is 0. The summed E-state index contributed by atoms with van der Waals surface area (Å²) in [6, 6.07) is 5.51. The average molecular weight is 340 g/mol. The van der Waals surface area contributed by atoms with Gasteiger partial charge < -0.3 is 10.6 Å². The lowest BCUT2D eigenvalue weighted by Crippen LogP contribution is -2.30. The van der Waals surface area contributed by atoms with Crippen LogP contribution in [0, 0.1) is 5.92 Å². The van der Waals surface area contributed by atoms with Gasteiger partial charge in [0.1, 0.15) is 0 Å². The van der Waals surface area contributed by atoms with E-state index in [0.717, 1.165) is 38.4 Å². The number of rotatable bonds is 5. The predicted molar refractivity (Wildman–Crippen MR) is 85.6 cm³/mol. The number of alkyl halides is 3. The van der Waals surface area contributed by atoms with Crippen LogP contribution in [0.3, 0.4) is 0 Å². The minimum atomic E-state index is -4.34. The predicted octanol–water partition coefficient (Wildman–Crippen LogP) is 3.46. The Morgan fingerprint density at radius 2 is 1.92 bits per heavy atom. The van der Waals surface area contributed by atoms with Gasteiger partial charge in [0.25, 0.3) is 0 Å². The Hall–Kier alpha value is -1.56. The molecule has 3 nitrogen and oxygen atoms in total. The molecule has 24 heavy (non-hydrogen) atoms. The van der Waals surface area contributed by atoms with Crippen LogP contribution in [-0.2, 0) is 11.0 Å². The number of nitrogens with one attached hydrogen (secondary N) is 2. The smallest absolute Gasteiger partial charge is 0.353 e. The number of amides is 1. The van der Waals surface area contributed by atoms with Crippen molar-refractivity contribution in [1.29, 1.82) is 0 Å². The van der Waals surface area contributed by atoms with Crippen LogP contribution in [0.1, 0.15) is 49.1 Å². The van der Waals surface area contributed by atoms with Gasteiger partial charge in [0.15, 0.2) is 0 Å². The van der Waals surface area contributed by atoms with E-state index in [1.54, 1.807) is 6.07 Å². The van der Waals surface area contributed by atoms with E-state index in [0.29, 0.717) is 24.3 Å². The maximum absolute atomic E-state index is 13.1. The first-order chi connectivity index (χ1) is 11.4. The molecule has 1 amide bonds. The van der Waals surface area contributed by atoms with Gasteiger partial charge in [-0.1, -0.05) is 18.2 Å². The van der Waals surface area contributed by atoms with Crippen LogP contribution in [-0.4, -0.2) is 25.0 Å². The molecular formula is C18H23F3N2O. The maximum atomic E-state index is 13.1. The van der Waals surface area contributed by atoms with E-state index in [-0.39, 0.29) is 17.9 Å². The Bertz CT molecular complexity index is 582. The lowest BCUT2D eigenvalue weighted by atomic mass is 9.93. The van der Waals surface area contributed by atoms with Crippen molar-refractivity contribution in [3.63, 3.8) is 0 Å². The highest BCUT2D eigenvalue weighted by atomic mass is 19.4. The summed E-state index contributed by atoms with van der Waals surface area (Å²) in [6.45, 7) is 2.01. The van der Waals surface area contributed by atoms with Crippen molar-refractivity contribution < 1.29 is 18.0 Å². The first-order valence-electron chi connectivity index (χ1n) is 8.61. The molecule has 1 aromatic carbocycles. The zero-order valence-corrected chi connectivity index (χ0v) is 13.5. The molecule has 1 heterocycles. The molecule has 0 spiro atoms. The molecule has 2 unspecified atom stereocenters. The minimum Gasteiger partial charge on any atom is -0.353 e. The molecule has 1 aromatic rings. The van der Waals surface area contributed by atoms with Crippen LogP contribution in [0.2, 0.25) is 0 Å². The van der Waals surface area contributed by atoms with Crippen LogP contribution in [0.15, 0.2) is 24.3 Å². The fraction of sp³-hybridized carbons (Fsp3) is 0.611. The Morgan fingerprint density at radius 3 is 2.62 bits per heavy atom. The van der Waals surface area contributed by atoms with E-state index in [4.69, 9.17) is 0 Å². The first-order valence-corrected chi connectivity index (χ1v) is 8.61. The molecule has 2 aliphatic rings. The highest BCUT2D eigenvalue weighted by Gasteiger charge is 2.44. The second kappa shape index (κ2) is 7.13. The van der Waals surface area contributed by atoms with Gasteiger partial charge in [0.2, 0.25) is 5.91 Å². The third kappa shape index (κ3) is 4.29. The Kier molecular flexibility index (Phi) is 5.13. The van der Waals surface area contributed by atoms with E-state index >= 15 is 0 Å². The van der Waals surface area contributed by atoms with E-state index < -0.39 is 11.7 Å². The number of carbonyl (C=O) groups excluding carboxylic acids is 1. The second-order valence-corrected chi connectivity index (χ2v) is 6.83. The molecule has 1 saturated heterocycles. The SMILES string of the molecule is O=C(CCC1CCNCC1)NC1CC1c1ccccc1C(F)(F)F. The number of hydrogen-bond acceptors (Lipinski definition) is 2. The average Bonchev–Trinajstić information content (AvgIpc) is 3.32. The number of halogens is 3. The van der Waals surface area contributed by atoms with Crippen molar-refractivity contribution >= 4 is 5.91 Å². The van der Waals surface area contributed by atoms with Crippen LogP contribution < -0.4 is 10.6 Å². The molecule has 1 aliphatic heterocycles. The molecular weight excluding hydrogens is 317 g/mol. The minimum absolute atomic E-state index is 0.0366. The lowest BCUT2D eigenvalue weighted by Gasteiger charge is -2.22. The number of hydrogen-bond donors (Lipinski definition) is 2. The molecule has 2 atom stereocenters. The van der Waals surface area contributed by atoms with Gasteiger partial charge in [0.05, 0.1) is 5.56 Å². The van der Waals surface area contributed by atoms with E-state index in [1.807, 2.05) is 0 Å². The highest BCUT2D eigenvalue weighted by Crippen LogP contribution is 2.46.